The average Bonchev–Trinajstić information content (AvgIpc) is 2.42. The zero-order valence-electron chi connectivity index (χ0n) is 13.9. The van der Waals surface area contributed by atoms with Crippen molar-refractivity contribution in [1.29, 1.82) is 0 Å². The third-order valence-electron chi connectivity index (χ3n) is 3.71. The third kappa shape index (κ3) is 6.93. The summed E-state index contributed by atoms with van der Waals surface area (Å²) in [6.07, 6.45) is -5.14. The van der Waals surface area contributed by atoms with Gasteiger partial charge in [-0.1, -0.05) is 13.8 Å². The second kappa shape index (κ2) is 7.70. The summed E-state index contributed by atoms with van der Waals surface area (Å²) < 4.78 is 46.7. The number of esters is 1. The first-order valence-corrected chi connectivity index (χ1v) is 7.54. The number of ether oxygens (including phenoxy) is 2. The van der Waals surface area contributed by atoms with Gasteiger partial charge in [-0.15, -0.1) is 0 Å². The molecule has 0 bridgehead atoms. The molecule has 6 heteroatoms. The van der Waals surface area contributed by atoms with Gasteiger partial charge >= 0.3 is 12.1 Å². The Labute approximate surface area is 134 Å². The molecule has 0 aromatic heterocycles. The van der Waals surface area contributed by atoms with Gasteiger partial charge < -0.3 is 9.47 Å². The molecule has 1 aromatic rings. The van der Waals surface area contributed by atoms with Crippen LogP contribution in [-0.4, -0.2) is 24.4 Å². The SMILES string of the molecule is CC(C)C(C)(C)OC(=O)c1ccc(OCCCC(F)(F)F)cc1. The molecule has 1 rings (SSSR count). The van der Waals surface area contributed by atoms with Crippen LogP contribution in [-0.2, 0) is 4.74 Å². The lowest BCUT2D eigenvalue weighted by molar-refractivity contribution is -0.136. The van der Waals surface area contributed by atoms with Gasteiger partial charge in [-0.05, 0) is 50.5 Å². The fourth-order valence-electron chi connectivity index (χ4n) is 1.57. The molecular weight excluding hydrogens is 309 g/mol. The van der Waals surface area contributed by atoms with Gasteiger partial charge in [0.05, 0.1) is 12.2 Å². The fraction of sp³-hybridized carbons (Fsp3) is 0.588. The van der Waals surface area contributed by atoms with E-state index >= 15 is 0 Å². The number of hydrogen-bond acceptors (Lipinski definition) is 3. The lowest BCUT2D eigenvalue weighted by Gasteiger charge is -2.29. The number of halogens is 3. The summed E-state index contributed by atoms with van der Waals surface area (Å²) in [5.74, 6) is 0.154. The lowest BCUT2D eigenvalue weighted by Crippen LogP contribution is -2.33. The zero-order valence-corrected chi connectivity index (χ0v) is 13.9. The van der Waals surface area contributed by atoms with Gasteiger partial charge in [0, 0.05) is 6.42 Å². The van der Waals surface area contributed by atoms with Crippen LogP contribution in [0, 0.1) is 5.92 Å². The second-order valence-corrected chi connectivity index (χ2v) is 6.24. The second-order valence-electron chi connectivity index (χ2n) is 6.24. The standard InChI is InChI=1S/C17H23F3O3/c1-12(2)16(3,4)23-15(21)13-6-8-14(9-7-13)22-11-5-10-17(18,19)20/h6-9,12H,5,10-11H2,1-4H3. The van der Waals surface area contributed by atoms with E-state index in [1.165, 1.54) is 12.1 Å². The highest BCUT2D eigenvalue weighted by molar-refractivity contribution is 5.89. The summed E-state index contributed by atoms with van der Waals surface area (Å²) in [5, 5.41) is 0. The highest BCUT2D eigenvalue weighted by atomic mass is 19.4. The van der Waals surface area contributed by atoms with Crippen LogP contribution < -0.4 is 4.74 Å². The summed E-state index contributed by atoms with van der Waals surface area (Å²) in [5.41, 5.74) is -0.203. The van der Waals surface area contributed by atoms with Gasteiger partial charge in [0.1, 0.15) is 11.4 Å². The van der Waals surface area contributed by atoms with Crippen molar-refractivity contribution in [2.45, 2.75) is 52.3 Å². The maximum Gasteiger partial charge on any atom is 0.389 e. The van der Waals surface area contributed by atoms with Crippen molar-refractivity contribution in [1.82, 2.24) is 0 Å². The smallest absolute Gasteiger partial charge is 0.389 e. The number of alkyl halides is 3. The minimum absolute atomic E-state index is 0.0241. The van der Waals surface area contributed by atoms with Gasteiger partial charge in [-0.25, -0.2) is 4.79 Å². The van der Waals surface area contributed by atoms with Gasteiger partial charge in [0.2, 0.25) is 0 Å². The largest absolute Gasteiger partial charge is 0.494 e. The van der Waals surface area contributed by atoms with Crippen LogP contribution in [0.15, 0.2) is 24.3 Å². The Morgan fingerprint density at radius 1 is 1.13 bits per heavy atom. The summed E-state index contributed by atoms with van der Waals surface area (Å²) in [6.45, 7) is 7.58. The molecule has 0 aliphatic carbocycles. The molecule has 0 heterocycles. The van der Waals surface area contributed by atoms with E-state index in [2.05, 4.69) is 0 Å². The van der Waals surface area contributed by atoms with Crippen LogP contribution in [0.4, 0.5) is 13.2 Å². The maximum atomic E-state index is 12.1. The van der Waals surface area contributed by atoms with Crippen molar-refractivity contribution in [3.63, 3.8) is 0 Å². The Balaban J connectivity index is 2.51. The monoisotopic (exact) mass is 332 g/mol. The molecule has 0 atom stereocenters. The van der Waals surface area contributed by atoms with Gasteiger partial charge in [0.25, 0.3) is 0 Å². The Kier molecular flexibility index (Phi) is 6.47. The van der Waals surface area contributed by atoms with Crippen LogP contribution in [0.1, 0.15) is 50.9 Å². The van der Waals surface area contributed by atoms with Crippen molar-refractivity contribution >= 4 is 5.97 Å². The predicted octanol–water partition coefficient (Wildman–Crippen LogP) is 5.00. The molecular formula is C17H23F3O3. The Bertz CT molecular complexity index is 505. The molecule has 0 N–H and O–H groups in total. The van der Waals surface area contributed by atoms with E-state index in [1.54, 1.807) is 12.1 Å². The number of rotatable bonds is 7. The summed E-state index contributed by atoms with van der Waals surface area (Å²) >= 11 is 0. The first-order chi connectivity index (χ1) is 10.5. The first kappa shape index (κ1) is 19.3. The van der Waals surface area contributed by atoms with Crippen molar-refractivity contribution in [2.75, 3.05) is 6.61 Å². The lowest BCUT2D eigenvalue weighted by atomic mass is 9.94. The Morgan fingerprint density at radius 2 is 1.70 bits per heavy atom. The van der Waals surface area contributed by atoms with E-state index in [0.717, 1.165) is 0 Å². The molecule has 0 unspecified atom stereocenters. The Hall–Kier alpha value is -1.72. The minimum atomic E-state index is -4.17. The molecule has 130 valence electrons. The molecule has 23 heavy (non-hydrogen) atoms. The van der Waals surface area contributed by atoms with Gasteiger partial charge in [-0.2, -0.15) is 13.2 Å². The van der Waals surface area contributed by atoms with Crippen molar-refractivity contribution < 1.29 is 27.4 Å². The molecule has 0 saturated carbocycles. The van der Waals surface area contributed by atoms with Crippen LogP contribution >= 0.6 is 0 Å². The summed E-state index contributed by atoms with van der Waals surface area (Å²) in [7, 11) is 0. The quantitative estimate of drug-likeness (QED) is 0.521. The summed E-state index contributed by atoms with van der Waals surface area (Å²) in [4.78, 5) is 12.1. The predicted molar refractivity (Wildman–Crippen MR) is 81.6 cm³/mol. The molecule has 0 aliphatic rings. The molecule has 0 fully saturated rings. The highest BCUT2D eigenvalue weighted by Gasteiger charge is 2.27. The number of benzene rings is 1. The van der Waals surface area contributed by atoms with Crippen molar-refractivity contribution in [2.24, 2.45) is 5.92 Å². The van der Waals surface area contributed by atoms with Crippen LogP contribution in [0.2, 0.25) is 0 Å². The van der Waals surface area contributed by atoms with E-state index in [-0.39, 0.29) is 18.9 Å². The highest BCUT2D eigenvalue weighted by Crippen LogP contribution is 2.24. The molecule has 0 aliphatic heterocycles. The molecule has 0 amide bonds. The summed E-state index contributed by atoms with van der Waals surface area (Å²) in [6, 6.07) is 6.18. The topological polar surface area (TPSA) is 35.5 Å². The van der Waals surface area contributed by atoms with Crippen LogP contribution in [0.5, 0.6) is 5.75 Å². The van der Waals surface area contributed by atoms with Gasteiger partial charge in [-0.3, -0.25) is 0 Å². The molecule has 1 aromatic carbocycles. The van der Waals surface area contributed by atoms with Gasteiger partial charge in [0.15, 0.2) is 0 Å². The third-order valence-corrected chi connectivity index (χ3v) is 3.71. The normalized spacial score (nSPS) is 12.3. The number of carbonyl (C=O) groups is 1. The van der Waals surface area contributed by atoms with Crippen LogP contribution in [0.25, 0.3) is 0 Å². The van der Waals surface area contributed by atoms with E-state index in [0.29, 0.717) is 11.3 Å². The molecule has 0 saturated heterocycles. The zero-order chi connectivity index (χ0) is 17.7. The van der Waals surface area contributed by atoms with E-state index < -0.39 is 24.2 Å². The van der Waals surface area contributed by atoms with E-state index in [4.69, 9.17) is 9.47 Å². The van der Waals surface area contributed by atoms with E-state index in [9.17, 15) is 18.0 Å². The molecule has 0 spiro atoms. The molecule has 0 radical (unpaired) electrons. The average molecular weight is 332 g/mol. The van der Waals surface area contributed by atoms with Crippen LogP contribution in [0.3, 0.4) is 0 Å². The first-order valence-electron chi connectivity index (χ1n) is 7.54. The molecule has 3 nitrogen and oxygen atoms in total. The maximum absolute atomic E-state index is 12.1. The number of hydrogen-bond donors (Lipinski definition) is 0. The minimum Gasteiger partial charge on any atom is -0.494 e. The number of carbonyl (C=O) groups excluding carboxylic acids is 1. The van der Waals surface area contributed by atoms with Crippen molar-refractivity contribution in [3.8, 4) is 5.75 Å². The fourth-order valence-corrected chi connectivity index (χ4v) is 1.57. The van der Waals surface area contributed by atoms with E-state index in [1.807, 2.05) is 27.7 Å². The van der Waals surface area contributed by atoms with Crippen molar-refractivity contribution in [3.05, 3.63) is 29.8 Å². The Morgan fingerprint density at radius 3 is 2.17 bits per heavy atom.